The molecule has 0 aliphatic carbocycles. The molecule has 17 heavy (non-hydrogen) atoms. The third kappa shape index (κ3) is 2.34. The van der Waals surface area contributed by atoms with Crippen molar-refractivity contribution in [2.45, 2.75) is 0 Å². The molecule has 0 radical (unpaired) electrons. The van der Waals surface area contributed by atoms with Crippen molar-refractivity contribution in [1.82, 2.24) is 0 Å². The molecule has 0 heterocycles. The summed E-state index contributed by atoms with van der Waals surface area (Å²) >= 11 is 5.88. The molecule has 0 aliphatic heterocycles. The molecule has 88 valence electrons. The quantitative estimate of drug-likeness (QED) is 0.879. The van der Waals surface area contributed by atoms with Gasteiger partial charge >= 0.3 is 0 Å². The summed E-state index contributed by atoms with van der Waals surface area (Å²) in [5, 5.41) is 10.2. The largest absolute Gasteiger partial charge is 0.507 e. The third-order valence-electron chi connectivity index (χ3n) is 2.41. The van der Waals surface area contributed by atoms with Crippen LogP contribution in [0.2, 0.25) is 5.02 Å². The molecule has 2 rings (SSSR count). The number of aromatic hydroxyl groups is 1. The summed E-state index contributed by atoms with van der Waals surface area (Å²) in [6, 6.07) is 8.68. The number of benzene rings is 2. The Labute approximate surface area is 103 Å². The SMILES string of the molecule is COc1ccc(Cl)cc1-c1cc(F)ccc1O. The Morgan fingerprint density at radius 1 is 1.12 bits per heavy atom. The molecule has 1 N–H and O–H groups in total. The molecule has 2 aromatic rings. The highest BCUT2D eigenvalue weighted by Gasteiger charge is 2.11. The van der Waals surface area contributed by atoms with E-state index < -0.39 is 5.82 Å². The molecular formula is C13H10ClFO2. The maximum Gasteiger partial charge on any atom is 0.126 e. The predicted molar refractivity (Wildman–Crippen MR) is 65.1 cm³/mol. The van der Waals surface area contributed by atoms with E-state index in [1.807, 2.05) is 0 Å². The van der Waals surface area contributed by atoms with E-state index in [0.29, 0.717) is 21.9 Å². The molecule has 4 heteroatoms. The normalized spacial score (nSPS) is 10.3. The van der Waals surface area contributed by atoms with Gasteiger partial charge in [-0.15, -0.1) is 0 Å². The van der Waals surface area contributed by atoms with E-state index in [0.717, 1.165) is 0 Å². The van der Waals surface area contributed by atoms with Crippen molar-refractivity contribution in [3.63, 3.8) is 0 Å². The average Bonchev–Trinajstić information content (AvgIpc) is 2.32. The standard InChI is InChI=1S/C13H10ClFO2/c1-17-13-5-2-8(14)6-11(13)10-7-9(15)3-4-12(10)16/h2-7,16H,1H3. The highest BCUT2D eigenvalue weighted by atomic mass is 35.5. The van der Waals surface area contributed by atoms with Gasteiger partial charge < -0.3 is 9.84 Å². The molecule has 0 saturated heterocycles. The van der Waals surface area contributed by atoms with E-state index in [4.69, 9.17) is 16.3 Å². The van der Waals surface area contributed by atoms with E-state index in [1.165, 1.54) is 25.3 Å². The minimum atomic E-state index is -0.431. The van der Waals surface area contributed by atoms with E-state index in [-0.39, 0.29) is 5.75 Å². The van der Waals surface area contributed by atoms with Gasteiger partial charge in [0.05, 0.1) is 7.11 Å². The molecule has 0 spiro atoms. The number of phenols is 1. The van der Waals surface area contributed by atoms with Gasteiger partial charge in [0.2, 0.25) is 0 Å². The minimum Gasteiger partial charge on any atom is -0.507 e. The van der Waals surface area contributed by atoms with Gasteiger partial charge in [0.15, 0.2) is 0 Å². The lowest BCUT2D eigenvalue weighted by atomic mass is 10.0. The number of ether oxygens (including phenoxy) is 1. The van der Waals surface area contributed by atoms with Crippen molar-refractivity contribution in [3.8, 4) is 22.6 Å². The molecule has 2 nitrogen and oxygen atoms in total. The van der Waals surface area contributed by atoms with Crippen molar-refractivity contribution in [3.05, 3.63) is 47.2 Å². The fraction of sp³-hybridized carbons (Fsp3) is 0.0769. The summed E-state index contributed by atoms with van der Waals surface area (Å²) in [6.07, 6.45) is 0. The van der Waals surface area contributed by atoms with Crippen molar-refractivity contribution in [2.75, 3.05) is 7.11 Å². The van der Waals surface area contributed by atoms with E-state index in [2.05, 4.69) is 0 Å². The van der Waals surface area contributed by atoms with Crippen LogP contribution in [0.5, 0.6) is 11.5 Å². The summed E-state index contributed by atoms with van der Waals surface area (Å²) in [4.78, 5) is 0. The molecule has 0 fully saturated rings. The zero-order chi connectivity index (χ0) is 12.4. The predicted octanol–water partition coefficient (Wildman–Crippen LogP) is 3.86. The first kappa shape index (κ1) is 11.7. The van der Waals surface area contributed by atoms with Crippen molar-refractivity contribution >= 4 is 11.6 Å². The van der Waals surface area contributed by atoms with Gasteiger partial charge in [0.25, 0.3) is 0 Å². The van der Waals surface area contributed by atoms with Gasteiger partial charge in [-0.1, -0.05) is 11.6 Å². The van der Waals surface area contributed by atoms with Crippen molar-refractivity contribution < 1.29 is 14.2 Å². The number of methoxy groups -OCH3 is 1. The maximum absolute atomic E-state index is 13.2. The number of phenolic OH excluding ortho intramolecular Hbond substituents is 1. The summed E-state index contributed by atoms with van der Waals surface area (Å²) in [6.45, 7) is 0. The lowest BCUT2D eigenvalue weighted by Gasteiger charge is -2.10. The van der Waals surface area contributed by atoms with Gasteiger partial charge in [-0.3, -0.25) is 0 Å². The van der Waals surface area contributed by atoms with Crippen molar-refractivity contribution in [2.24, 2.45) is 0 Å². The Morgan fingerprint density at radius 3 is 2.59 bits per heavy atom. The smallest absolute Gasteiger partial charge is 0.126 e. The minimum absolute atomic E-state index is 0.0213. The van der Waals surface area contributed by atoms with Crippen LogP contribution in [0.4, 0.5) is 4.39 Å². The zero-order valence-electron chi connectivity index (χ0n) is 9.08. The van der Waals surface area contributed by atoms with Crippen LogP contribution in [0, 0.1) is 5.82 Å². The number of hydrogen-bond donors (Lipinski definition) is 1. The molecule has 0 saturated carbocycles. The van der Waals surface area contributed by atoms with Gasteiger partial charge in [-0.25, -0.2) is 4.39 Å². The van der Waals surface area contributed by atoms with Crippen LogP contribution >= 0.6 is 11.6 Å². The molecule has 2 aromatic carbocycles. The Kier molecular flexibility index (Phi) is 3.20. The van der Waals surface area contributed by atoms with Gasteiger partial charge in [-0.2, -0.15) is 0 Å². The lowest BCUT2D eigenvalue weighted by molar-refractivity contribution is 0.415. The maximum atomic E-state index is 13.2. The van der Waals surface area contributed by atoms with Gasteiger partial charge in [0.1, 0.15) is 17.3 Å². The Morgan fingerprint density at radius 2 is 1.88 bits per heavy atom. The van der Waals surface area contributed by atoms with Crippen LogP contribution in [-0.4, -0.2) is 12.2 Å². The monoisotopic (exact) mass is 252 g/mol. The molecule has 0 atom stereocenters. The molecule has 0 aromatic heterocycles. The second-order valence-corrected chi connectivity index (χ2v) is 3.94. The topological polar surface area (TPSA) is 29.5 Å². The summed E-state index contributed by atoms with van der Waals surface area (Å²) in [5.74, 6) is 0.0714. The first-order valence-corrected chi connectivity index (χ1v) is 5.32. The van der Waals surface area contributed by atoms with E-state index in [1.54, 1.807) is 18.2 Å². The highest BCUT2D eigenvalue weighted by Crippen LogP contribution is 2.37. The van der Waals surface area contributed by atoms with E-state index >= 15 is 0 Å². The lowest BCUT2D eigenvalue weighted by Crippen LogP contribution is -1.89. The Balaban J connectivity index is 2.66. The molecular weight excluding hydrogens is 243 g/mol. The first-order chi connectivity index (χ1) is 8.11. The fourth-order valence-electron chi connectivity index (χ4n) is 1.61. The van der Waals surface area contributed by atoms with Gasteiger partial charge in [-0.05, 0) is 36.4 Å². The van der Waals surface area contributed by atoms with Crippen LogP contribution in [0.15, 0.2) is 36.4 Å². The summed E-state index contributed by atoms with van der Waals surface area (Å²) < 4.78 is 18.3. The highest BCUT2D eigenvalue weighted by molar-refractivity contribution is 6.31. The van der Waals surface area contributed by atoms with Crippen LogP contribution in [0.1, 0.15) is 0 Å². The summed E-state index contributed by atoms with van der Waals surface area (Å²) in [5.41, 5.74) is 0.904. The third-order valence-corrected chi connectivity index (χ3v) is 2.65. The van der Waals surface area contributed by atoms with E-state index in [9.17, 15) is 9.50 Å². The Hall–Kier alpha value is -1.74. The molecule has 0 amide bonds. The van der Waals surface area contributed by atoms with Crippen molar-refractivity contribution in [1.29, 1.82) is 0 Å². The second-order valence-electron chi connectivity index (χ2n) is 3.51. The number of hydrogen-bond acceptors (Lipinski definition) is 2. The Bertz CT molecular complexity index is 555. The number of halogens is 2. The van der Waals surface area contributed by atoms with Crippen LogP contribution in [0.3, 0.4) is 0 Å². The molecule has 0 bridgehead atoms. The van der Waals surface area contributed by atoms with Crippen LogP contribution in [0.25, 0.3) is 11.1 Å². The fourth-order valence-corrected chi connectivity index (χ4v) is 1.79. The first-order valence-electron chi connectivity index (χ1n) is 4.94. The van der Waals surface area contributed by atoms with Crippen LogP contribution < -0.4 is 4.74 Å². The van der Waals surface area contributed by atoms with Gasteiger partial charge in [0, 0.05) is 16.1 Å². The number of rotatable bonds is 2. The second kappa shape index (κ2) is 4.63. The average molecular weight is 253 g/mol. The summed E-state index contributed by atoms with van der Waals surface area (Å²) in [7, 11) is 1.50. The zero-order valence-corrected chi connectivity index (χ0v) is 9.83. The molecule has 0 unspecified atom stereocenters. The molecule has 0 aliphatic rings. The van der Waals surface area contributed by atoms with Crippen LogP contribution in [-0.2, 0) is 0 Å².